The lowest BCUT2D eigenvalue weighted by atomic mass is 9.44. The van der Waals surface area contributed by atoms with Crippen molar-refractivity contribution in [2.24, 2.45) is 34.5 Å². The van der Waals surface area contributed by atoms with E-state index in [-0.39, 0.29) is 36.1 Å². The lowest BCUT2D eigenvalue weighted by Gasteiger charge is -2.66. The van der Waals surface area contributed by atoms with E-state index < -0.39 is 34.2 Å². The van der Waals surface area contributed by atoms with Crippen molar-refractivity contribution < 1.29 is 29.3 Å². The highest BCUT2D eigenvalue weighted by molar-refractivity contribution is 5.98. The van der Waals surface area contributed by atoms with Gasteiger partial charge in [0, 0.05) is 24.3 Å². The number of cyclic esters (lactones) is 1. The minimum atomic E-state index is -1.53. The number of carbonyl (C=O) groups is 2. The lowest BCUT2D eigenvalue weighted by Crippen LogP contribution is -2.74. The first-order valence-electron chi connectivity index (χ1n) is 12.8. The lowest BCUT2D eigenvalue weighted by molar-refractivity contribution is -0.395. The molecule has 0 aromatic carbocycles. The molecule has 184 valence electrons. The monoisotopic (exact) mass is 468 g/mol. The largest absolute Gasteiger partial charge is 0.458 e. The molecule has 0 aromatic heterocycles. The minimum Gasteiger partial charge on any atom is -0.458 e. The highest BCUT2D eigenvalue weighted by Gasteiger charge is 2.77. The fourth-order valence-corrected chi connectivity index (χ4v) is 8.93. The number of ketones is 1. The fraction of sp³-hybridized carbons (Fsp3) is 0.714. The molecule has 9 atom stereocenters. The second-order valence-electron chi connectivity index (χ2n) is 12.1. The Kier molecular flexibility index (Phi) is 4.62. The van der Waals surface area contributed by atoms with Gasteiger partial charge in [0.05, 0.1) is 23.0 Å². The van der Waals surface area contributed by atoms with E-state index in [2.05, 4.69) is 6.08 Å². The maximum atomic E-state index is 13.2. The van der Waals surface area contributed by atoms with Crippen LogP contribution in [-0.2, 0) is 19.1 Å². The number of hydrogen-bond acceptors (Lipinski definition) is 6. The first-order chi connectivity index (χ1) is 16.0. The standard InChI is InChI=1S/C28H36O6/c1-15-12-22(34-24(30)16(15)2)21-14-33-28(32)13-20-18(19-10-11-27(21,31)26(19,28)4)9-8-17-6-5-7-23(29)25(17,20)3/h5,7-8,18-22,31-32H,6,9-14H2,1-4H3. The van der Waals surface area contributed by atoms with E-state index in [9.17, 15) is 19.8 Å². The van der Waals surface area contributed by atoms with Gasteiger partial charge >= 0.3 is 5.97 Å². The molecule has 0 aromatic rings. The summed E-state index contributed by atoms with van der Waals surface area (Å²) in [4.78, 5) is 25.7. The van der Waals surface area contributed by atoms with Gasteiger partial charge in [-0.25, -0.2) is 4.79 Å². The predicted octanol–water partition coefficient (Wildman–Crippen LogP) is 3.62. The Labute approximate surface area is 201 Å². The predicted molar refractivity (Wildman–Crippen MR) is 124 cm³/mol. The Morgan fingerprint density at radius 1 is 1.09 bits per heavy atom. The van der Waals surface area contributed by atoms with Gasteiger partial charge in [-0.1, -0.05) is 30.2 Å². The summed E-state index contributed by atoms with van der Waals surface area (Å²) in [5.41, 5.74) is 0.0202. The second-order valence-corrected chi connectivity index (χ2v) is 12.1. The zero-order valence-electron chi connectivity index (χ0n) is 20.6. The molecule has 0 spiro atoms. The van der Waals surface area contributed by atoms with Crippen LogP contribution in [0.25, 0.3) is 0 Å². The third-order valence-electron chi connectivity index (χ3n) is 11.3. The van der Waals surface area contributed by atoms with Gasteiger partial charge in [-0.15, -0.1) is 0 Å². The van der Waals surface area contributed by atoms with Gasteiger partial charge in [-0.2, -0.15) is 0 Å². The summed E-state index contributed by atoms with van der Waals surface area (Å²) in [6.45, 7) is 7.87. The summed E-state index contributed by atoms with van der Waals surface area (Å²) in [5, 5.41) is 24.5. The molecule has 1 saturated heterocycles. The Bertz CT molecular complexity index is 1070. The molecular formula is C28H36O6. The maximum absolute atomic E-state index is 13.2. The van der Waals surface area contributed by atoms with Crippen molar-refractivity contribution in [2.45, 2.75) is 83.7 Å². The van der Waals surface area contributed by atoms with Crippen LogP contribution < -0.4 is 0 Å². The third-order valence-corrected chi connectivity index (χ3v) is 11.3. The van der Waals surface area contributed by atoms with E-state index in [1.54, 1.807) is 13.0 Å². The molecule has 3 fully saturated rings. The average molecular weight is 469 g/mol. The van der Waals surface area contributed by atoms with Gasteiger partial charge in [0.1, 0.15) is 6.10 Å². The van der Waals surface area contributed by atoms with Crippen molar-refractivity contribution in [1.29, 1.82) is 0 Å². The van der Waals surface area contributed by atoms with Crippen molar-refractivity contribution in [3.05, 3.63) is 34.9 Å². The van der Waals surface area contributed by atoms with Crippen LogP contribution in [0.1, 0.15) is 66.2 Å². The molecule has 0 radical (unpaired) electrons. The van der Waals surface area contributed by atoms with E-state index in [1.807, 2.05) is 26.8 Å². The van der Waals surface area contributed by atoms with Gasteiger partial charge in [-0.05, 0) is 70.3 Å². The van der Waals surface area contributed by atoms with Crippen molar-refractivity contribution in [3.63, 3.8) is 0 Å². The number of carbonyl (C=O) groups excluding carboxylic acids is 2. The van der Waals surface area contributed by atoms with E-state index in [1.165, 1.54) is 0 Å². The molecule has 34 heavy (non-hydrogen) atoms. The highest BCUT2D eigenvalue weighted by atomic mass is 16.6. The minimum absolute atomic E-state index is 0.00930. The molecule has 4 aliphatic carbocycles. The quantitative estimate of drug-likeness (QED) is 0.451. The molecule has 2 N–H and O–H groups in total. The van der Waals surface area contributed by atoms with Crippen LogP contribution in [0.2, 0.25) is 0 Å². The summed E-state index contributed by atoms with van der Waals surface area (Å²) in [7, 11) is 0. The SMILES string of the molecule is CC1=C(C)C(=O)OC(C2COC3(O)CC4C(CC=C5CC=CC(=O)C54C)C4CCC2(O)C43C)C1. The average Bonchev–Trinajstić information content (AvgIpc) is 3.07. The summed E-state index contributed by atoms with van der Waals surface area (Å²) < 4.78 is 12.1. The number of rotatable bonds is 1. The van der Waals surface area contributed by atoms with Crippen LogP contribution in [-0.4, -0.2) is 46.1 Å². The van der Waals surface area contributed by atoms with Crippen LogP contribution >= 0.6 is 0 Å². The normalized spacial score (nSPS) is 51.9. The summed E-state index contributed by atoms with van der Waals surface area (Å²) in [5.74, 6) is -2.00. The molecular weight excluding hydrogens is 432 g/mol. The summed E-state index contributed by atoms with van der Waals surface area (Å²) >= 11 is 0. The van der Waals surface area contributed by atoms with Gasteiger partial charge in [-0.3, -0.25) is 4.79 Å². The van der Waals surface area contributed by atoms with Crippen LogP contribution in [0.4, 0.5) is 0 Å². The van der Waals surface area contributed by atoms with Gasteiger partial charge in [0.15, 0.2) is 11.6 Å². The van der Waals surface area contributed by atoms with Crippen molar-refractivity contribution in [1.82, 2.24) is 0 Å². The molecule has 9 unspecified atom stereocenters. The van der Waals surface area contributed by atoms with Crippen LogP contribution in [0.5, 0.6) is 0 Å². The zero-order valence-corrected chi connectivity index (χ0v) is 20.6. The van der Waals surface area contributed by atoms with Crippen molar-refractivity contribution >= 4 is 11.8 Å². The van der Waals surface area contributed by atoms with Gasteiger partial charge in [0.25, 0.3) is 0 Å². The Balaban J connectivity index is 1.41. The molecule has 6 nitrogen and oxygen atoms in total. The Morgan fingerprint density at radius 3 is 2.59 bits per heavy atom. The summed E-state index contributed by atoms with van der Waals surface area (Å²) in [6.07, 6.45) is 9.24. The topological polar surface area (TPSA) is 93.1 Å². The molecule has 6 heteroatoms. The second kappa shape index (κ2) is 6.92. The van der Waals surface area contributed by atoms with Crippen LogP contribution in [0, 0.1) is 34.5 Å². The van der Waals surface area contributed by atoms with Crippen molar-refractivity contribution in [3.8, 4) is 0 Å². The number of aliphatic hydroxyl groups is 2. The number of fused-ring (bicyclic) bond motifs is 4. The number of allylic oxidation sites excluding steroid dienone is 4. The van der Waals surface area contributed by atoms with Crippen LogP contribution in [0.3, 0.4) is 0 Å². The maximum Gasteiger partial charge on any atom is 0.333 e. The molecule has 6 rings (SSSR count). The Morgan fingerprint density at radius 2 is 1.85 bits per heavy atom. The number of ether oxygens (including phenoxy) is 2. The first-order valence-corrected chi connectivity index (χ1v) is 12.8. The number of hydrogen-bond donors (Lipinski definition) is 2. The molecule has 2 aliphatic heterocycles. The van der Waals surface area contributed by atoms with E-state index in [0.717, 1.165) is 30.4 Å². The molecule has 0 bridgehead atoms. The third kappa shape index (κ3) is 2.47. The smallest absolute Gasteiger partial charge is 0.333 e. The van der Waals surface area contributed by atoms with E-state index >= 15 is 0 Å². The molecule has 0 amide bonds. The number of esters is 1. The molecule has 6 aliphatic rings. The van der Waals surface area contributed by atoms with Crippen LogP contribution in [0.15, 0.2) is 34.9 Å². The van der Waals surface area contributed by atoms with E-state index in [4.69, 9.17) is 9.47 Å². The van der Waals surface area contributed by atoms with Gasteiger partial charge in [0.2, 0.25) is 0 Å². The first kappa shape index (κ1) is 22.7. The summed E-state index contributed by atoms with van der Waals surface area (Å²) in [6, 6.07) is 0. The van der Waals surface area contributed by atoms with E-state index in [0.29, 0.717) is 24.8 Å². The molecule has 2 heterocycles. The zero-order chi connectivity index (χ0) is 24.3. The Hall–Kier alpha value is -1.76. The highest BCUT2D eigenvalue weighted by Crippen LogP contribution is 2.72. The van der Waals surface area contributed by atoms with Gasteiger partial charge < -0.3 is 19.7 Å². The fourth-order valence-electron chi connectivity index (χ4n) is 8.93. The molecule has 2 saturated carbocycles. The van der Waals surface area contributed by atoms with Crippen molar-refractivity contribution in [2.75, 3.05) is 6.61 Å².